The smallest absolute Gasteiger partial charge is 0.408 e. The molecule has 1 atom stereocenters. The van der Waals surface area contributed by atoms with Crippen molar-refractivity contribution in [2.75, 3.05) is 5.32 Å². The lowest BCUT2D eigenvalue weighted by Gasteiger charge is -2.13. The average molecular weight is 306 g/mol. The van der Waals surface area contributed by atoms with Crippen LogP contribution in [0.2, 0.25) is 0 Å². The maximum atomic E-state index is 12.4. The molecule has 0 aliphatic heterocycles. The fourth-order valence-electron chi connectivity index (χ4n) is 2.40. The van der Waals surface area contributed by atoms with Crippen LogP contribution in [0.3, 0.4) is 0 Å². The Morgan fingerprint density at radius 1 is 1.26 bits per heavy atom. The molecule has 0 aliphatic rings. The van der Waals surface area contributed by atoms with Gasteiger partial charge in [0.15, 0.2) is 5.58 Å². The number of terminal acetylenes is 1. The third-order valence-corrected chi connectivity index (χ3v) is 3.58. The first kappa shape index (κ1) is 14.7. The van der Waals surface area contributed by atoms with Crippen LogP contribution in [0, 0.1) is 12.3 Å². The van der Waals surface area contributed by atoms with E-state index in [1.54, 1.807) is 55.5 Å². The summed E-state index contributed by atoms with van der Waals surface area (Å²) in [5.41, 5.74) is 2.28. The minimum Gasteiger partial charge on any atom is -0.408 e. The molecule has 5 nitrogen and oxygen atoms in total. The van der Waals surface area contributed by atoms with E-state index in [-0.39, 0.29) is 5.91 Å². The number of amides is 1. The molecule has 0 saturated carbocycles. The van der Waals surface area contributed by atoms with E-state index in [2.05, 4.69) is 11.2 Å². The van der Waals surface area contributed by atoms with Gasteiger partial charge in [0.25, 0.3) is 0 Å². The lowest BCUT2D eigenvalue weighted by Crippen LogP contribution is -2.29. The molecule has 3 rings (SSSR count). The van der Waals surface area contributed by atoms with Crippen molar-refractivity contribution >= 4 is 22.7 Å². The van der Waals surface area contributed by atoms with Crippen molar-refractivity contribution in [3.05, 3.63) is 64.6 Å². The van der Waals surface area contributed by atoms with E-state index in [1.165, 1.54) is 4.57 Å². The van der Waals surface area contributed by atoms with Gasteiger partial charge in [0.1, 0.15) is 6.04 Å². The number of nitrogens with zero attached hydrogens (tertiary/aromatic N) is 1. The first-order chi connectivity index (χ1) is 11.1. The number of hydrogen-bond donors (Lipinski definition) is 1. The molecule has 114 valence electrons. The van der Waals surface area contributed by atoms with E-state index in [0.29, 0.717) is 22.4 Å². The lowest BCUT2D eigenvalue weighted by atomic mass is 10.2. The molecule has 2 aromatic carbocycles. The Morgan fingerprint density at radius 3 is 2.83 bits per heavy atom. The van der Waals surface area contributed by atoms with Crippen molar-refractivity contribution in [3.8, 4) is 12.3 Å². The summed E-state index contributed by atoms with van der Waals surface area (Å²) >= 11 is 0. The zero-order valence-electron chi connectivity index (χ0n) is 12.4. The Bertz CT molecular complexity index is 976. The summed E-state index contributed by atoms with van der Waals surface area (Å²) in [6.07, 6.45) is 5.35. The minimum absolute atomic E-state index is 0.326. The van der Waals surface area contributed by atoms with Crippen LogP contribution in [-0.4, -0.2) is 10.5 Å². The van der Waals surface area contributed by atoms with Crippen molar-refractivity contribution in [3.63, 3.8) is 0 Å². The highest BCUT2D eigenvalue weighted by Gasteiger charge is 2.21. The van der Waals surface area contributed by atoms with E-state index in [4.69, 9.17) is 10.8 Å². The van der Waals surface area contributed by atoms with Gasteiger partial charge in [0.05, 0.1) is 5.52 Å². The van der Waals surface area contributed by atoms with E-state index >= 15 is 0 Å². The molecular weight excluding hydrogens is 292 g/mol. The van der Waals surface area contributed by atoms with Gasteiger partial charge < -0.3 is 9.73 Å². The highest BCUT2D eigenvalue weighted by Crippen LogP contribution is 2.18. The van der Waals surface area contributed by atoms with Crippen LogP contribution in [0.15, 0.2) is 57.7 Å². The van der Waals surface area contributed by atoms with E-state index in [0.717, 1.165) is 0 Å². The molecule has 23 heavy (non-hydrogen) atoms. The highest BCUT2D eigenvalue weighted by atomic mass is 16.4. The summed E-state index contributed by atoms with van der Waals surface area (Å²) in [6.45, 7) is 1.64. The second-order valence-electron chi connectivity index (χ2n) is 5.10. The zero-order chi connectivity index (χ0) is 16.4. The van der Waals surface area contributed by atoms with E-state index in [1.807, 2.05) is 0 Å². The number of rotatable bonds is 3. The van der Waals surface area contributed by atoms with E-state index in [9.17, 15) is 9.59 Å². The van der Waals surface area contributed by atoms with Gasteiger partial charge in [-0.1, -0.05) is 24.1 Å². The summed E-state index contributed by atoms with van der Waals surface area (Å²) < 4.78 is 6.49. The molecule has 3 aromatic rings. The number of carbonyl (C=O) groups is 1. The van der Waals surface area contributed by atoms with Gasteiger partial charge in [-0.05, 0) is 37.3 Å². The fraction of sp³-hybridized carbons (Fsp3) is 0.111. The lowest BCUT2D eigenvalue weighted by molar-refractivity contribution is -0.118. The van der Waals surface area contributed by atoms with Crippen molar-refractivity contribution in [2.45, 2.75) is 13.0 Å². The van der Waals surface area contributed by atoms with Gasteiger partial charge in [-0.3, -0.25) is 9.36 Å². The molecule has 1 heterocycles. The maximum absolute atomic E-state index is 12.4. The minimum atomic E-state index is -0.722. The summed E-state index contributed by atoms with van der Waals surface area (Å²) in [7, 11) is 0. The first-order valence-corrected chi connectivity index (χ1v) is 7.08. The summed E-state index contributed by atoms with van der Waals surface area (Å²) in [4.78, 5) is 24.5. The van der Waals surface area contributed by atoms with Gasteiger partial charge >= 0.3 is 5.76 Å². The molecule has 0 radical (unpaired) electrons. The van der Waals surface area contributed by atoms with Gasteiger partial charge in [0.2, 0.25) is 5.91 Å². The third-order valence-electron chi connectivity index (χ3n) is 3.58. The van der Waals surface area contributed by atoms with Crippen LogP contribution >= 0.6 is 0 Å². The molecule has 1 unspecified atom stereocenters. The molecule has 1 amide bonds. The number of fused-ring (bicyclic) bond motifs is 1. The van der Waals surface area contributed by atoms with Crippen molar-refractivity contribution in [1.29, 1.82) is 0 Å². The number of hydrogen-bond acceptors (Lipinski definition) is 3. The first-order valence-electron chi connectivity index (χ1n) is 7.08. The number of para-hydroxylation sites is 2. The molecule has 0 spiro atoms. The van der Waals surface area contributed by atoms with Gasteiger partial charge in [-0.25, -0.2) is 4.79 Å². The van der Waals surface area contributed by atoms with Crippen LogP contribution in [0.5, 0.6) is 0 Å². The standard InChI is InChI=1S/C18H14N2O3/c1-3-13-7-6-8-14(11-13)19-17(21)12(2)20-15-9-4-5-10-16(15)23-18(20)22/h1,4-12H,2H3,(H,19,21). The van der Waals surface area contributed by atoms with E-state index < -0.39 is 11.8 Å². The quantitative estimate of drug-likeness (QED) is 0.757. The van der Waals surface area contributed by atoms with Crippen LogP contribution in [-0.2, 0) is 4.79 Å². The number of benzene rings is 2. The molecule has 1 aromatic heterocycles. The Morgan fingerprint density at radius 2 is 2.04 bits per heavy atom. The van der Waals surface area contributed by atoms with Crippen molar-refractivity contribution < 1.29 is 9.21 Å². The Balaban J connectivity index is 1.91. The van der Waals surface area contributed by atoms with Gasteiger partial charge in [-0.2, -0.15) is 0 Å². The highest BCUT2D eigenvalue weighted by molar-refractivity contribution is 5.94. The number of anilines is 1. The Hall–Kier alpha value is -3.26. The van der Waals surface area contributed by atoms with Crippen LogP contribution < -0.4 is 11.1 Å². The monoisotopic (exact) mass is 306 g/mol. The fourth-order valence-corrected chi connectivity index (χ4v) is 2.40. The number of aromatic nitrogens is 1. The van der Waals surface area contributed by atoms with Crippen LogP contribution in [0.4, 0.5) is 5.69 Å². The van der Waals surface area contributed by atoms with Gasteiger partial charge in [-0.15, -0.1) is 6.42 Å². The zero-order valence-corrected chi connectivity index (χ0v) is 12.4. The number of nitrogens with one attached hydrogen (secondary N) is 1. The summed E-state index contributed by atoms with van der Waals surface area (Å²) in [5.74, 6) is 1.62. The predicted octanol–water partition coefficient (Wildman–Crippen LogP) is 2.78. The molecule has 0 bridgehead atoms. The predicted molar refractivity (Wildman–Crippen MR) is 88.2 cm³/mol. The number of carbonyl (C=O) groups excluding carboxylic acids is 1. The summed E-state index contributed by atoms with van der Waals surface area (Å²) in [6, 6.07) is 13.2. The largest absolute Gasteiger partial charge is 0.420 e. The van der Waals surface area contributed by atoms with Gasteiger partial charge in [0, 0.05) is 11.3 Å². The molecule has 1 N–H and O–H groups in total. The topological polar surface area (TPSA) is 64.2 Å². The van der Waals surface area contributed by atoms with Crippen LogP contribution in [0.1, 0.15) is 18.5 Å². The number of oxazole rings is 1. The SMILES string of the molecule is C#Cc1cccc(NC(=O)C(C)n2c(=O)oc3ccccc32)c1. The van der Waals surface area contributed by atoms with Crippen molar-refractivity contribution in [2.24, 2.45) is 0 Å². The molecule has 0 fully saturated rings. The Kier molecular flexibility index (Phi) is 3.73. The van der Waals surface area contributed by atoms with Crippen LogP contribution in [0.25, 0.3) is 11.1 Å². The maximum Gasteiger partial charge on any atom is 0.420 e. The molecular formula is C18H14N2O3. The Labute approximate surface area is 132 Å². The second kappa shape index (κ2) is 5.85. The molecule has 0 aliphatic carbocycles. The normalized spacial score (nSPS) is 11.8. The summed E-state index contributed by atoms with van der Waals surface area (Å²) in [5, 5.41) is 2.76. The molecule has 0 saturated heterocycles. The average Bonchev–Trinajstić information content (AvgIpc) is 2.90. The third kappa shape index (κ3) is 2.74. The molecule has 5 heteroatoms. The van der Waals surface area contributed by atoms with Crippen molar-refractivity contribution in [1.82, 2.24) is 4.57 Å². The second-order valence-corrected chi connectivity index (χ2v) is 5.10.